The Morgan fingerprint density at radius 3 is 2.55 bits per heavy atom. The summed E-state index contributed by atoms with van der Waals surface area (Å²) in [7, 11) is 0. The number of carbonyl (C=O) groups is 1. The highest BCUT2D eigenvalue weighted by atomic mass is 35.5. The Labute approximate surface area is 122 Å². The molecule has 2 aromatic rings. The van der Waals surface area contributed by atoms with Crippen LogP contribution in [0.1, 0.15) is 27.3 Å². The highest BCUT2D eigenvalue weighted by Gasteiger charge is 2.06. The molecule has 1 aromatic heterocycles. The summed E-state index contributed by atoms with van der Waals surface area (Å²) in [4.78, 5) is 19.5. The Morgan fingerprint density at radius 2 is 1.95 bits per heavy atom. The number of benzene rings is 1. The second-order valence-corrected chi connectivity index (χ2v) is 4.98. The van der Waals surface area contributed by atoms with Gasteiger partial charge in [0.25, 0.3) is 0 Å². The molecule has 0 saturated carbocycles. The van der Waals surface area contributed by atoms with Crippen molar-refractivity contribution in [3.8, 4) is 0 Å². The average Bonchev–Trinajstić information content (AvgIpc) is 2.46. The molecule has 0 amide bonds. The lowest BCUT2D eigenvalue weighted by Gasteiger charge is -2.06. The number of ketones is 1. The van der Waals surface area contributed by atoms with Crippen LogP contribution in [-0.4, -0.2) is 27.5 Å². The van der Waals surface area contributed by atoms with E-state index in [0.717, 1.165) is 17.0 Å². The van der Waals surface area contributed by atoms with Gasteiger partial charge >= 0.3 is 0 Å². The Morgan fingerprint density at radius 1 is 1.25 bits per heavy atom. The first kappa shape index (κ1) is 14.6. The summed E-state index contributed by atoms with van der Waals surface area (Å²) in [5.74, 6) is 0.305. The van der Waals surface area contributed by atoms with Crippen molar-refractivity contribution in [2.45, 2.75) is 19.8 Å². The van der Waals surface area contributed by atoms with Crippen LogP contribution in [-0.2, 0) is 12.8 Å². The van der Waals surface area contributed by atoms with Crippen molar-refractivity contribution in [2.24, 2.45) is 0 Å². The Kier molecular flexibility index (Phi) is 4.82. The van der Waals surface area contributed by atoms with E-state index in [-0.39, 0.29) is 5.78 Å². The minimum absolute atomic E-state index is 0.332. The normalized spacial score (nSPS) is 10.6. The van der Waals surface area contributed by atoms with E-state index in [1.807, 2.05) is 25.1 Å². The van der Waals surface area contributed by atoms with E-state index in [9.17, 15) is 4.79 Å². The zero-order valence-corrected chi connectivity index (χ0v) is 11.9. The number of aromatic nitrogens is 2. The molecule has 1 heterocycles. The van der Waals surface area contributed by atoms with Crippen molar-refractivity contribution in [1.82, 2.24) is 9.97 Å². The van der Waals surface area contributed by atoms with E-state index in [4.69, 9.17) is 16.7 Å². The van der Waals surface area contributed by atoms with E-state index < -0.39 is 6.61 Å². The third kappa shape index (κ3) is 3.62. The van der Waals surface area contributed by atoms with Crippen LogP contribution in [0.4, 0.5) is 0 Å². The molecule has 2 rings (SSSR count). The smallest absolute Gasteiger partial charge is 0.191 e. The van der Waals surface area contributed by atoms with E-state index in [2.05, 4.69) is 9.97 Å². The summed E-state index contributed by atoms with van der Waals surface area (Å²) >= 11 is 5.92. The first-order chi connectivity index (χ1) is 9.60. The van der Waals surface area contributed by atoms with E-state index in [1.165, 1.54) is 18.0 Å². The maximum absolute atomic E-state index is 11.2. The molecule has 0 bridgehead atoms. The second-order valence-electron chi connectivity index (χ2n) is 4.54. The minimum atomic E-state index is -0.521. The van der Waals surface area contributed by atoms with Gasteiger partial charge in [-0.1, -0.05) is 17.7 Å². The molecule has 104 valence electrons. The predicted molar refractivity (Wildman–Crippen MR) is 77.0 cm³/mol. The summed E-state index contributed by atoms with van der Waals surface area (Å²) in [6.45, 7) is 1.50. The van der Waals surface area contributed by atoms with Crippen LogP contribution in [0.15, 0.2) is 30.6 Å². The highest BCUT2D eigenvalue weighted by molar-refractivity contribution is 6.30. The van der Waals surface area contributed by atoms with Gasteiger partial charge in [0.2, 0.25) is 0 Å². The Bertz CT molecular complexity index is 612. The van der Waals surface area contributed by atoms with Gasteiger partial charge in [-0.15, -0.1) is 0 Å². The van der Waals surface area contributed by atoms with Gasteiger partial charge in [-0.05, 0) is 36.6 Å². The number of nitrogens with zero attached hydrogens (tertiary/aromatic N) is 2. The zero-order valence-electron chi connectivity index (χ0n) is 11.1. The number of aliphatic hydroxyl groups is 1. The first-order valence-electron chi connectivity index (χ1n) is 6.30. The average molecular weight is 291 g/mol. The van der Waals surface area contributed by atoms with Crippen molar-refractivity contribution in [2.75, 3.05) is 6.61 Å². The fourth-order valence-electron chi connectivity index (χ4n) is 1.91. The van der Waals surface area contributed by atoms with Crippen molar-refractivity contribution in [1.29, 1.82) is 0 Å². The summed E-state index contributed by atoms with van der Waals surface area (Å²) in [6, 6.07) is 5.80. The molecule has 0 radical (unpaired) electrons. The molecule has 5 heteroatoms. The SMILES string of the molecule is Cc1cc(Cl)ccc1CCc1ncc(C(=O)CO)cn1. The minimum Gasteiger partial charge on any atom is -0.388 e. The number of rotatable bonds is 5. The molecule has 0 spiro atoms. The second kappa shape index (κ2) is 6.59. The molecule has 1 aromatic carbocycles. The largest absolute Gasteiger partial charge is 0.388 e. The van der Waals surface area contributed by atoms with Crippen LogP contribution in [0.25, 0.3) is 0 Å². The van der Waals surface area contributed by atoms with Crippen LogP contribution in [0.3, 0.4) is 0 Å². The molecule has 0 unspecified atom stereocenters. The summed E-state index contributed by atoms with van der Waals surface area (Å²) in [5, 5.41) is 9.48. The number of hydrogen-bond donors (Lipinski definition) is 1. The molecule has 4 nitrogen and oxygen atoms in total. The molecular formula is C15H15ClN2O2. The maximum Gasteiger partial charge on any atom is 0.191 e. The number of halogens is 1. The summed E-state index contributed by atoms with van der Waals surface area (Å²) in [6.07, 6.45) is 4.41. The molecule has 20 heavy (non-hydrogen) atoms. The first-order valence-corrected chi connectivity index (χ1v) is 6.68. The highest BCUT2D eigenvalue weighted by Crippen LogP contribution is 2.16. The van der Waals surface area contributed by atoms with Crippen molar-refractivity contribution < 1.29 is 9.90 Å². The van der Waals surface area contributed by atoms with Crippen LogP contribution < -0.4 is 0 Å². The van der Waals surface area contributed by atoms with Gasteiger partial charge in [-0.25, -0.2) is 9.97 Å². The lowest BCUT2D eigenvalue weighted by Crippen LogP contribution is -2.07. The molecule has 0 aliphatic rings. The van der Waals surface area contributed by atoms with Crippen LogP contribution in [0.5, 0.6) is 0 Å². The molecule has 0 saturated heterocycles. The fraction of sp³-hybridized carbons (Fsp3) is 0.267. The standard InChI is InChI=1S/C15H15ClN2O2/c1-10-6-13(16)4-2-11(10)3-5-15-17-7-12(8-18-15)14(20)9-19/h2,4,6-8,19H,3,5,9H2,1H3. The lowest BCUT2D eigenvalue weighted by molar-refractivity contribution is 0.0903. The number of hydrogen-bond acceptors (Lipinski definition) is 4. The summed E-state index contributed by atoms with van der Waals surface area (Å²) in [5.41, 5.74) is 2.68. The van der Waals surface area contributed by atoms with Crippen molar-refractivity contribution >= 4 is 17.4 Å². The van der Waals surface area contributed by atoms with Crippen LogP contribution in [0, 0.1) is 6.92 Å². The summed E-state index contributed by atoms with van der Waals surface area (Å²) < 4.78 is 0. The van der Waals surface area contributed by atoms with Gasteiger partial charge in [0.15, 0.2) is 5.78 Å². The van der Waals surface area contributed by atoms with Crippen LogP contribution in [0.2, 0.25) is 5.02 Å². The van der Waals surface area contributed by atoms with Gasteiger partial charge < -0.3 is 5.11 Å². The van der Waals surface area contributed by atoms with Crippen molar-refractivity contribution in [3.63, 3.8) is 0 Å². The van der Waals surface area contributed by atoms with Gasteiger partial charge in [0, 0.05) is 23.8 Å². The number of aryl methyl sites for hydroxylation is 3. The third-order valence-electron chi connectivity index (χ3n) is 3.09. The Balaban J connectivity index is 2.02. The maximum atomic E-state index is 11.2. The topological polar surface area (TPSA) is 63.1 Å². The Hall–Kier alpha value is -1.78. The molecule has 1 N–H and O–H groups in total. The van der Waals surface area contributed by atoms with E-state index in [0.29, 0.717) is 17.8 Å². The lowest BCUT2D eigenvalue weighted by atomic mass is 10.0. The van der Waals surface area contributed by atoms with E-state index >= 15 is 0 Å². The molecule has 0 fully saturated rings. The monoisotopic (exact) mass is 290 g/mol. The van der Waals surface area contributed by atoms with Gasteiger partial charge in [-0.2, -0.15) is 0 Å². The van der Waals surface area contributed by atoms with Gasteiger partial charge in [0.05, 0.1) is 5.56 Å². The van der Waals surface area contributed by atoms with Gasteiger partial charge in [0.1, 0.15) is 12.4 Å². The number of Topliss-reactive ketones (excluding diaryl/α,β-unsaturated/α-hetero) is 1. The third-order valence-corrected chi connectivity index (χ3v) is 3.33. The number of carbonyl (C=O) groups excluding carboxylic acids is 1. The van der Waals surface area contributed by atoms with E-state index in [1.54, 1.807) is 0 Å². The molecule has 0 aliphatic carbocycles. The molecule has 0 atom stereocenters. The fourth-order valence-corrected chi connectivity index (χ4v) is 2.13. The molecule has 0 aliphatic heterocycles. The quantitative estimate of drug-likeness (QED) is 0.859. The zero-order chi connectivity index (χ0) is 14.5. The van der Waals surface area contributed by atoms with Gasteiger partial charge in [-0.3, -0.25) is 4.79 Å². The van der Waals surface area contributed by atoms with Crippen LogP contribution >= 0.6 is 11.6 Å². The number of aliphatic hydroxyl groups excluding tert-OH is 1. The predicted octanol–water partition coefficient (Wildman–Crippen LogP) is 2.40. The molecular weight excluding hydrogens is 276 g/mol. The van der Waals surface area contributed by atoms with Crippen molar-refractivity contribution in [3.05, 3.63) is 58.1 Å².